The number of rotatable bonds is 5. The summed E-state index contributed by atoms with van der Waals surface area (Å²) in [6, 6.07) is 20.0. The Kier molecular flexibility index (Phi) is 5.33. The maximum atomic E-state index is 13.3. The lowest BCUT2D eigenvalue weighted by Gasteiger charge is -2.29. The zero-order chi connectivity index (χ0) is 22.1. The molecule has 2 aromatic carbocycles. The van der Waals surface area contributed by atoms with Crippen LogP contribution < -0.4 is 10.9 Å². The summed E-state index contributed by atoms with van der Waals surface area (Å²) >= 11 is 0. The summed E-state index contributed by atoms with van der Waals surface area (Å²) in [6.45, 7) is 2.65. The highest BCUT2D eigenvalue weighted by molar-refractivity contribution is 5.99. The molecule has 0 spiro atoms. The van der Waals surface area contributed by atoms with Gasteiger partial charge in [0.2, 0.25) is 0 Å². The van der Waals surface area contributed by atoms with Crippen molar-refractivity contribution >= 4 is 11.6 Å². The second-order valence-electron chi connectivity index (χ2n) is 8.20. The zero-order valence-electron chi connectivity index (χ0n) is 18.0. The summed E-state index contributed by atoms with van der Waals surface area (Å²) < 4.78 is 3.32. The van der Waals surface area contributed by atoms with E-state index in [0.717, 1.165) is 36.3 Å². The number of nitrogens with one attached hydrogen (secondary N) is 1. The van der Waals surface area contributed by atoms with E-state index in [1.165, 1.54) is 16.3 Å². The van der Waals surface area contributed by atoms with Gasteiger partial charge in [0.1, 0.15) is 5.56 Å². The Hall–Kier alpha value is -3.71. The SMILES string of the molecule is Cn1c2c(c(=O)n3ncc(C(=O)NCc4ccccc4)c13)CN(Cc1ccccc1)CC2. The third-order valence-electron chi connectivity index (χ3n) is 6.10. The molecule has 3 heterocycles. The molecule has 7 nitrogen and oxygen atoms in total. The highest BCUT2D eigenvalue weighted by Gasteiger charge is 2.26. The number of nitrogens with zero attached hydrogens (tertiary/aromatic N) is 4. The van der Waals surface area contributed by atoms with E-state index < -0.39 is 0 Å². The first-order valence-electron chi connectivity index (χ1n) is 10.8. The molecule has 0 saturated carbocycles. The maximum absolute atomic E-state index is 13.3. The number of aryl methyl sites for hydroxylation is 1. The fourth-order valence-corrected chi connectivity index (χ4v) is 4.45. The van der Waals surface area contributed by atoms with Crippen LogP contribution in [0.25, 0.3) is 5.65 Å². The van der Waals surface area contributed by atoms with Crippen LogP contribution in [0.2, 0.25) is 0 Å². The topological polar surface area (TPSA) is 71.6 Å². The first-order chi connectivity index (χ1) is 15.6. The van der Waals surface area contributed by atoms with Crippen LogP contribution in [0.1, 0.15) is 32.7 Å². The first kappa shape index (κ1) is 20.2. The average molecular weight is 428 g/mol. The predicted octanol–water partition coefficient (Wildman–Crippen LogP) is 2.52. The fourth-order valence-electron chi connectivity index (χ4n) is 4.45. The van der Waals surface area contributed by atoms with Crippen LogP contribution in [0.5, 0.6) is 0 Å². The van der Waals surface area contributed by atoms with Crippen molar-refractivity contribution in [3.63, 3.8) is 0 Å². The maximum Gasteiger partial charge on any atom is 0.279 e. The van der Waals surface area contributed by atoms with E-state index in [9.17, 15) is 9.59 Å². The van der Waals surface area contributed by atoms with Crippen molar-refractivity contribution in [3.05, 3.63) is 105 Å². The van der Waals surface area contributed by atoms with Gasteiger partial charge < -0.3 is 9.88 Å². The molecule has 5 rings (SSSR count). The van der Waals surface area contributed by atoms with Crippen LogP contribution in [0, 0.1) is 0 Å². The molecule has 32 heavy (non-hydrogen) atoms. The van der Waals surface area contributed by atoms with E-state index in [0.29, 0.717) is 24.3 Å². The number of carbonyl (C=O) groups excluding carboxylic acids is 1. The standard InChI is InChI=1S/C25H25N5O2/c1-28-22-12-13-29(16-19-10-6-3-7-11-19)17-21(22)25(32)30-24(28)20(15-27-30)23(31)26-14-18-8-4-2-5-9-18/h2-11,15H,12-14,16-17H2,1H3,(H,26,31). The average Bonchev–Trinajstić information content (AvgIpc) is 3.28. The molecule has 1 N–H and O–H groups in total. The molecule has 0 saturated heterocycles. The highest BCUT2D eigenvalue weighted by Crippen LogP contribution is 2.21. The van der Waals surface area contributed by atoms with Crippen molar-refractivity contribution in [1.82, 2.24) is 24.4 Å². The van der Waals surface area contributed by atoms with Gasteiger partial charge in [-0.05, 0) is 11.1 Å². The van der Waals surface area contributed by atoms with Gasteiger partial charge in [0.25, 0.3) is 11.5 Å². The lowest BCUT2D eigenvalue weighted by Crippen LogP contribution is -2.38. The Labute approximate surface area is 185 Å². The summed E-state index contributed by atoms with van der Waals surface area (Å²) in [5.41, 5.74) is 4.78. The second-order valence-corrected chi connectivity index (χ2v) is 8.20. The lowest BCUT2D eigenvalue weighted by molar-refractivity contribution is 0.0952. The van der Waals surface area contributed by atoms with Crippen molar-refractivity contribution in [3.8, 4) is 0 Å². The molecule has 1 aliphatic heterocycles. The smallest absolute Gasteiger partial charge is 0.279 e. The molecule has 2 aromatic heterocycles. The normalized spacial score (nSPS) is 13.8. The van der Waals surface area contributed by atoms with Gasteiger partial charge in [0.15, 0.2) is 5.65 Å². The Morgan fingerprint density at radius 2 is 1.72 bits per heavy atom. The Morgan fingerprint density at radius 1 is 1.03 bits per heavy atom. The first-order valence-corrected chi connectivity index (χ1v) is 10.8. The number of benzene rings is 2. The molecule has 0 atom stereocenters. The molecule has 0 fully saturated rings. The number of hydrogen-bond acceptors (Lipinski definition) is 4. The quantitative estimate of drug-likeness (QED) is 0.531. The van der Waals surface area contributed by atoms with Gasteiger partial charge in [0, 0.05) is 45.3 Å². The molecular formula is C25H25N5O2. The number of aromatic nitrogens is 3. The third kappa shape index (κ3) is 3.71. The molecule has 1 aliphatic rings. The number of fused-ring (bicyclic) bond motifs is 2. The minimum atomic E-state index is -0.236. The monoisotopic (exact) mass is 427 g/mol. The molecule has 0 bridgehead atoms. The summed E-state index contributed by atoms with van der Waals surface area (Å²) in [5.74, 6) is -0.236. The molecule has 0 unspecified atom stereocenters. The predicted molar refractivity (Wildman–Crippen MR) is 122 cm³/mol. The molecule has 4 aromatic rings. The van der Waals surface area contributed by atoms with Gasteiger partial charge >= 0.3 is 0 Å². The van der Waals surface area contributed by atoms with E-state index in [1.54, 1.807) is 0 Å². The third-order valence-corrected chi connectivity index (χ3v) is 6.10. The molecule has 0 radical (unpaired) electrons. The number of amides is 1. The van der Waals surface area contributed by atoms with Crippen LogP contribution in [0.3, 0.4) is 0 Å². The number of hydrogen-bond donors (Lipinski definition) is 1. The van der Waals surface area contributed by atoms with Crippen molar-refractivity contribution in [2.45, 2.75) is 26.1 Å². The van der Waals surface area contributed by atoms with Crippen molar-refractivity contribution in [1.29, 1.82) is 0 Å². The Morgan fingerprint density at radius 3 is 2.44 bits per heavy atom. The zero-order valence-corrected chi connectivity index (χ0v) is 18.0. The largest absolute Gasteiger partial charge is 0.348 e. The van der Waals surface area contributed by atoms with Gasteiger partial charge in [-0.1, -0.05) is 60.7 Å². The molecular weight excluding hydrogens is 402 g/mol. The van der Waals surface area contributed by atoms with Gasteiger partial charge in [-0.2, -0.15) is 9.61 Å². The van der Waals surface area contributed by atoms with Gasteiger partial charge in [-0.25, -0.2) is 0 Å². The van der Waals surface area contributed by atoms with Gasteiger partial charge in [0.05, 0.1) is 11.8 Å². The van der Waals surface area contributed by atoms with Crippen molar-refractivity contribution < 1.29 is 4.79 Å². The highest BCUT2D eigenvalue weighted by atomic mass is 16.2. The molecule has 162 valence electrons. The van der Waals surface area contributed by atoms with Crippen LogP contribution in [0.4, 0.5) is 0 Å². The molecule has 7 heteroatoms. The summed E-state index contributed by atoms with van der Waals surface area (Å²) in [7, 11) is 1.91. The van der Waals surface area contributed by atoms with E-state index in [2.05, 4.69) is 27.4 Å². The summed E-state index contributed by atoms with van der Waals surface area (Å²) in [6.07, 6.45) is 2.24. The van der Waals surface area contributed by atoms with Crippen LogP contribution in [-0.4, -0.2) is 31.5 Å². The van der Waals surface area contributed by atoms with Crippen molar-refractivity contribution in [2.24, 2.45) is 7.05 Å². The van der Waals surface area contributed by atoms with E-state index in [1.807, 2.05) is 60.1 Å². The van der Waals surface area contributed by atoms with E-state index >= 15 is 0 Å². The fraction of sp³-hybridized carbons (Fsp3) is 0.240. The second kappa shape index (κ2) is 8.43. The van der Waals surface area contributed by atoms with Crippen LogP contribution in [0.15, 0.2) is 71.7 Å². The van der Waals surface area contributed by atoms with Crippen LogP contribution in [-0.2, 0) is 33.1 Å². The number of carbonyl (C=O) groups is 1. The molecule has 0 aliphatic carbocycles. The lowest BCUT2D eigenvalue weighted by atomic mass is 10.1. The minimum absolute atomic E-state index is 0.145. The Balaban J connectivity index is 1.43. The van der Waals surface area contributed by atoms with Gasteiger partial charge in [-0.15, -0.1) is 0 Å². The van der Waals surface area contributed by atoms with Crippen LogP contribution >= 0.6 is 0 Å². The molecule has 1 amide bonds. The summed E-state index contributed by atoms with van der Waals surface area (Å²) in [4.78, 5) is 28.4. The van der Waals surface area contributed by atoms with E-state index in [4.69, 9.17) is 0 Å². The van der Waals surface area contributed by atoms with E-state index in [-0.39, 0.29) is 11.5 Å². The minimum Gasteiger partial charge on any atom is -0.348 e. The Bertz CT molecular complexity index is 1330. The van der Waals surface area contributed by atoms with Crippen molar-refractivity contribution in [2.75, 3.05) is 6.54 Å². The van der Waals surface area contributed by atoms with Gasteiger partial charge in [-0.3, -0.25) is 14.5 Å². The summed E-state index contributed by atoms with van der Waals surface area (Å²) in [5, 5.41) is 7.21.